The van der Waals surface area contributed by atoms with Gasteiger partial charge in [0.15, 0.2) is 0 Å². The molecule has 28 heavy (non-hydrogen) atoms. The van der Waals surface area contributed by atoms with Crippen LogP contribution < -0.4 is 5.32 Å². The summed E-state index contributed by atoms with van der Waals surface area (Å²) in [5, 5.41) is 3.11. The van der Waals surface area contributed by atoms with Gasteiger partial charge in [-0.05, 0) is 56.9 Å². The number of sulfonamides is 1. The van der Waals surface area contributed by atoms with E-state index in [1.807, 2.05) is 20.8 Å². The van der Waals surface area contributed by atoms with Crippen LogP contribution in [-0.2, 0) is 14.8 Å². The predicted molar refractivity (Wildman–Crippen MR) is 110 cm³/mol. The lowest BCUT2D eigenvalue weighted by molar-refractivity contribution is -0.126. The standard InChI is InChI=1S/C22H28N2O3S/c1-16-9-10-17(2)21(15-16)18(3)23-22(25)19-11-13-24(14-12-19)28(26,27)20-7-5-4-6-8-20/h4-10,15,18-19H,11-14H2,1-3H3,(H,23,25)/t18-/m0/s1. The lowest BCUT2D eigenvalue weighted by Gasteiger charge is -2.31. The maximum absolute atomic E-state index is 12.7. The van der Waals surface area contributed by atoms with E-state index in [4.69, 9.17) is 0 Å². The maximum Gasteiger partial charge on any atom is 0.243 e. The van der Waals surface area contributed by atoms with E-state index in [1.165, 1.54) is 9.87 Å². The van der Waals surface area contributed by atoms with E-state index in [-0.39, 0.29) is 17.9 Å². The SMILES string of the molecule is Cc1ccc(C)c([C@H](C)NC(=O)C2CCN(S(=O)(=O)c3ccccc3)CC2)c1. The largest absolute Gasteiger partial charge is 0.349 e. The third-order valence-electron chi connectivity index (χ3n) is 5.47. The summed E-state index contributed by atoms with van der Waals surface area (Å²) in [6, 6.07) is 14.6. The molecule has 3 rings (SSSR count). The van der Waals surface area contributed by atoms with Crippen molar-refractivity contribution in [2.24, 2.45) is 5.92 Å². The molecule has 0 bridgehead atoms. The molecule has 0 aliphatic carbocycles. The van der Waals surface area contributed by atoms with Crippen LogP contribution in [0.2, 0.25) is 0 Å². The number of nitrogens with one attached hydrogen (secondary N) is 1. The quantitative estimate of drug-likeness (QED) is 0.834. The Labute approximate surface area is 167 Å². The van der Waals surface area contributed by atoms with E-state index >= 15 is 0 Å². The minimum Gasteiger partial charge on any atom is -0.349 e. The Balaban J connectivity index is 1.60. The number of amides is 1. The zero-order chi connectivity index (χ0) is 20.3. The van der Waals surface area contributed by atoms with Gasteiger partial charge in [-0.2, -0.15) is 4.31 Å². The van der Waals surface area contributed by atoms with Gasteiger partial charge in [-0.1, -0.05) is 42.0 Å². The first kappa shape index (κ1) is 20.6. The van der Waals surface area contributed by atoms with Crippen LogP contribution in [0.4, 0.5) is 0 Å². The van der Waals surface area contributed by atoms with Gasteiger partial charge >= 0.3 is 0 Å². The summed E-state index contributed by atoms with van der Waals surface area (Å²) in [5.41, 5.74) is 3.45. The molecule has 1 N–H and O–H groups in total. The molecule has 0 spiro atoms. The lowest BCUT2D eigenvalue weighted by atomic mass is 9.95. The zero-order valence-corrected chi connectivity index (χ0v) is 17.5. The van der Waals surface area contributed by atoms with Crippen molar-refractivity contribution in [2.75, 3.05) is 13.1 Å². The monoisotopic (exact) mass is 400 g/mol. The van der Waals surface area contributed by atoms with Crippen LogP contribution in [0.1, 0.15) is 42.5 Å². The Kier molecular flexibility index (Phi) is 6.20. The Morgan fingerprint density at radius 2 is 1.71 bits per heavy atom. The van der Waals surface area contributed by atoms with Gasteiger partial charge in [0.1, 0.15) is 0 Å². The number of hydrogen-bond acceptors (Lipinski definition) is 3. The second-order valence-electron chi connectivity index (χ2n) is 7.58. The average molecular weight is 401 g/mol. The first-order valence-corrected chi connectivity index (χ1v) is 11.2. The molecule has 1 aliphatic heterocycles. The van der Waals surface area contributed by atoms with E-state index in [2.05, 4.69) is 23.5 Å². The number of carbonyl (C=O) groups excluding carboxylic acids is 1. The lowest BCUT2D eigenvalue weighted by Crippen LogP contribution is -2.43. The van der Waals surface area contributed by atoms with Gasteiger partial charge in [-0.25, -0.2) is 8.42 Å². The molecule has 0 unspecified atom stereocenters. The summed E-state index contributed by atoms with van der Waals surface area (Å²) in [6.45, 7) is 6.82. The van der Waals surface area contributed by atoms with Crippen molar-refractivity contribution in [3.63, 3.8) is 0 Å². The highest BCUT2D eigenvalue weighted by atomic mass is 32.2. The summed E-state index contributed by atoms with van der Waals surface area (Å²) < 4.78 is 26.9. The molecule has 1 atom stereocenters. The topological polar surface area (TPSA) is 66.5 Å². The van der Waals surface area contributed by atoms with Crippen molar-refractivity contribution >= 4 is 15.9 Å². The van der Waals surface area contributed by atoms with Gasteiger partial charge in [0.25, 0.3) is 0 Å². The van der Waals surface area contributed by atoms with Crippen molar-refractivity contribution < 1.29 is 13.2 Å². The number of rotatable bonds is 5. The van der Waals surface area contributed by atoms with E-state index in [9.17, 15) is 13.2 Å². The number of hydrogen-bond donors (Lipinski definition) is 1. The summed E-state index contributed by atoms with van der Waals surface area (Å²) >= 11 is 0. The molecule has 6 heteroatoms. The number of piperidine rings is 1. The van der Waals surface area contributed by atoms with Crippen LogP contribution in [-0.4, -0.2) is 31.7 Å². The molecule has 1 amide bonds. The third kappa shape index (κ3) is 4.45. The van der Waals surface area contributed by atoms with Crippen LogP contribution in [0.15, 0.2) is 53.4 Å². The van der Waals surface area contributed by atoms with Gasteiger partial charge in [0.2, 0.25) is 15.9 Å². The number of nitrogens with zero attached hydrogens (tertiary/aromatic N) is 1. The Hall–Kier alpha value is -2.18. The summed E-state index contributed by atoms with van der Waals surface area (Å²) in [4.78, 5) is 13.0. The Morgan fingerprint density at radius 3 is 2.36 bits per heavy atom. The molecule has 2 aromatic rings. The van der Waals surface area contributed by atoms with Crippen LogP contribution >= 0.6 is 0 Å². The Bertz CT molecular complexity index is 934. The molecule has 1 fully saturated rings. The average Bonchev–Trinajstić information content (AvgIpc) is 2.70. The molecule has 1 saturated heterocycles. The third-order valence-corrected chi connectivity index (χ3v) is 7.38. The molecule has 150 valence electrons. The predicted octanol–water partition coefficient (Wildman–Crippen LogP) is 3.58. The van der Waals surface area contributed by atoms with Crippen molar-refractivity contribution in [2.45, 2.75) is 44.6 Å². The van der Waals surface area contributed by atoms with Crippen molar-refractivity contribution in [1.29, 1.82) is 0 Å². The minimum atomic E-state index is -3.49. The van der Waals surface area contributed by atoms with Crippen LogP contribution in [0, 0.1) is 19.8 Å². The molecule has 1 aliphatic rings. The summed E-state index contributed by atoms with van der Waals surface area (Å²) in [6.07, 6.45) is 1.08. The van der Waals surface area contributed by atoms with Gasteiger partial charge in [0.05, 0.1) is 10.9 Å². The highest BCUT2D eigenvalue weighted by Gasteiger charge is 2.32. The fourth-order valence-corrected chi connectivity index (χ4v) is 5.23. The van der Waals surface area contributed by atoms with E-state index in [0.29, 0.717) is 30.8 Å². The fourth-order valence-electron chi connectivity index (χ4n) is 3.74. The fraction of sp³-hybridized carbons (Fsp3) is 0.409. The molecule has 2 aromatic carbocycles. The van der Waals surface area contributed by atoms with E-state index in [0.717, 1.165) is 11.1 Å². The van der Waals surface area contributed by atoms with E-state index in [1.54, 1.807) is 30.3 Å². The van der Waals surface area contributed by atoms with Gasteiger partial charge in [0, 0.05) is 19.0 Å². The van der Waals surface area contributed by atoms with Crippen LogP contribution in [0.5, 0.6) is 0 Å². The zero-order valence-electron chi connectivity index (χ0n) is 16.7. The second-order valence-corrected chi connectivity index (χ2v) is 9.52. The summed E-state index contributed by atoms with van der Waals surface area (Å²) in [5.74, 6) is -0.153. The normalized spacial score (nSPS) is 17.2. The van der Waals surface area contributed by atoms with Crippen LogP contribution in [0.25, 0.3) is 0 Å². The molecule has 0 saturated carbocycles. The molecular weight excluding hydrogens is 372 g/mol. The molecule has 0 aromatic heterocycles. The first-order chi connectivity index (χ1) is 13.3. The number of benzene rings is 2. The van der Waals surface area contributed by atoms with E-state index < -0.39 is 10.0 Å². The van der Waals surface area contributed by atoms with Crippen LogP contribution in [0.3, 0.4) is 0 Å². The molecule has 0 radical (unpaired) electrons. The smallest absolute Gasteiger partial charge is 0.243 e. The van der Waals surface area contributed by atoms with Gasteiger partial charge < -0.3 is 5.32 Å². The van der Waals surface area contributed by atoms with Gasteiger partial charge in [-0.3, -0.25) is 4.79 Å². The number of aryl methyl sites for hydroxylation is 2. The van der Waals surface area contributed by atoms with Crippen molar-refractivity contribution in [1.82, 2.24) is 9.62 Å². The minimum absolute atomic E-state index is 0.00478. The van der Waals surface area contributed by atoms with Crippen molar-refractivity contribution in [3.05, 3.63) is 65.2 Å². The first-order valence-electron chi connectivity index (χ1n) is 9.72. The van der Waals surface area contributed by atoms with Gasteiger partial charge in [-0.15, -0.1) is 0 Å². The molecule has 5 nitrogen and oxygen atoms in total. The summed E-state index contributed by atoms with van der Waals surface area (Å²) in [7, 11) is -3.49. The Morgan fingerprint density at radius 1 is 1.07 bits per heavy atom. The highest BCUT2D eigenvalue weighted by molar-refractivity contribution is 7.89. The highest BCUT2D eigenvalue weighted by Crippen LogP contribution is 2.25. The maximum atomic E-state index is 12.7. The van der Waals surface area contributed by atoms with Crippen molar-refractivity contribution in [3.8, 4) is 0 Å². The number of carbonyl (C=O) groups is 1. The second kappa shape index (κ2) is 8.45. The molecular formula is C22H28N2O3S. The molecule has 1 heterocycles.